The number of morpholine rings is 1. The molecule has 1 fully saturated rings. The quantitative estimate of drug-likeness (QED) is 0.374. The maximum absolute atomic E-state index is 13.2. The Bertz CT molecular complexity index is 1530. The number of methoxy groups -OCH3 is 2. The second-order valence-electron chi connectivity index (χ2n) is 8.97. The highest BCUT2D eigenvalue weighted by molar-refractivity contribution is 7.89. The van der Waals surface area contributed by atoms with Crippen LogP contribution in [0.25, 0.3) is 10.2 Å². The number of sulfonamides is 1. The standard InChI is InChI=1S/C26H31N3O8S2/c1-6-36-24(30)15-29-20-11-21(34-4)22(35-5)12-23(20)38-26(29)27-25(31)18-7-9-19(10-8-18)39(32,33)28-13-16(2)37-17(3)14-28/h7-12,16-17H,6,13-15H2,1-5H3. The molecule has 2 aromatic carbocycles. The van der Waals surface area contributed by atoms with Crippen molar-refractivity contribution in [1.82, 2.24) is 8.87 Å². The minimum absolute atomic E-state index is 0.0822. The number of hydrogen-bond donors (Lipinski definition) is 0. The van der Waals surface area contributed by atoms with Gasteiger partial charge in [-0.3, -0.25) is 9.59 Å². The largest absolute Gasteiger partial charge is 0.493 e. The van der Waals surface area contributed by atoms with Gasteiger partial charge < -0.3 is 23.5 Å². The molecule has 2 atom stereocenters. The molecule has 0 bridgehead atoms. The average Bonchev–Trinajstić information content (AvgIpc) is 3.22. The van der Waals surface area contributed by atoms with Crippen molar-refractivity contribution in [3.8, 4) is 11.5 Å². The minimum Gasteiger partial charge on any atom is -0.493 e. The van der Waals surface area contributed by atoms with Crippen LogP contribution in [0, 0.1) is 0 Å². The summed E-state index contributed by atoms with van der Waals surface area (Å²) in [6.45, 7) is 5.92. The molecule has 4 rings (SSSR count). The van der Waals surface area contributed by atoms with Crippen molar-refractivity contribution in [2.75, 3.05) is 33.9 Å². The fourth-order valence-corrected chi connectivity index (χ4v) is 7.00. The van der Waals surface area contributed by atoms with Gasteiger partial charge in [0, 0.05) is 30.8 Å². The summed E-state index contributed by atoms with van der Waals surface area (Å²) in [5, 5.41) is 0. The van der Waals surface area contributed by atoms with Crippen molar-refractivity contribution >= 4 is 43.5 Å². The Balaban J connectivity index is 1.69. The van der Waals surface area contributed by atoms with Crippen molar-refractivity contribution < 1.29 is 37.0 Å². The zero-order chi connectivity index (χ0) is 28.3. The van der Waals surface area contributed by atoms with E-state index in [1.54, 1.807) is 23.6 Å². The molecule has 1 amide bonds. The first-order chi connectivity index (χ1) is 18.6. The van der Waals surface area contributed by atoms with Gasteiger partial charge in [0.05, 0.1) is 48.1 Å². The third-order valence-electron chi connectivity index (χ3n) is 6.10. The Labute approximate surface area is 230 Å². The third kappa shape index (κ3) is 6.16. The van der Waals surface area contributed by atoms with E-state index in [0.717, 1.165) is 4.70 Å². The lowest BCUT2D eigenvalue weighted by Gasteiger charge is -2.34. The molecule has 1 aliphatic rings. The first-order valence-corrected chi connectivity index (χ1v) is 14.6. The first kappa shape index (κ1) is 28.7. The summed E-state index contributed by atoms with van der Waals surface area (Å²) in [7, 11) is -0.730. The predicted molar refractivity (Wildman–Crippen MR) is 145 cm³/mol. The summed E-state index contributed by atoms with van der Waals surface area (Å²) >= 11 is 1.20. The Morgan fingerprint density at radius 2 is 1.67 bits per heavy atom. The summed E-state index contributed by atoms with van der Waals surface area (Å²) < 4.78 is 51.5. The number of aromatic nitrogens is 1. The number of carbonyl (C=O) groups is 2. The second kappa shape index (κ2) is 11.9. The van der Waals surface area contributed by atoms with Gasteiger partial charge in [0.2, 0.25) is 10.0 Å². The van der Waals surface area contributed by atoms with Gasteiger partial charge in [-0.05, 0) is 45.0 Å². The van der Waals surface area contributed by atoms with Crippen LogP contribution in [-0.2, 0) is 30.8 Å². The lowest BCUT2D eigenvalue weighted by atomic mass is 10.2. The third-order valence-corrected chi connectivity index (χ3v) is 8.99. The van der Waals surface area contributed by atoms with Crippen LogP contribution in [0.4, 0.5) is 0 Å². The predicted octanol–water partition coefficient (Wildman–Crippen LogP) is 2.82. The van der Waals surface area contributed by atoms with Crippen LogP contribution in [0.15, 0.2) is 46.3 Å². The van der Waals surface area contributed by atoms with Gasteiger partial charge in [-0.1, -0.05) is 11.3 Å². The maximum atomic E-state index is 13.2. The number of thiazole rings is 1. The van der Waals surface area contributed by atoms with Crippen molar-refractivity contribution in [1.29, 1.82) is 0 Å². The van der Waals surface area contributed by atoms with Crippen LogP contribution in [0.2, 0.25) is 0 Å². The fraction of sp³-hybridized carbons (Fsp3) is 0.423. The fourth-order valence-electron chi connectivity index (χ4n) is 4.37. The highest BCUT2D eigenvalue weighted by Gasteiger charge is 2.32. The summed E-state index contributed by atoms with van der Waals surface area (Å²) in [6.07, 6.45) is -0.434. The Kier molecular flexibility index (Phi) is 8.74. The number of carbonyl (C=O) groups excluding carboxylic acids is 2. The lowest BCUT2D eigenvalue weighted by Crippen LogP contribution is -2.48. The van der Waals surface area contributed by atoms with Crippen LogP contribution in [0.3, 0.4) is 0 Å². The van der Waals surface area contributed by atoms with Crippen LogP contribution in [0.5, 0.6) is 11.5 Å². The molecule has 1 aromatic heterocycles. The molecular formula is C26H31N3O8S2. The molecule has 1 saturated heterocycles. The minimum atomic E-state index is -3.75. The van der Waals surface area contributed by atoms with E-state index in [4.69, 9.17) is 18.9 Å². The second-order valence-corrected chi connectivity index (χ2v) is 11.9. The molecule has 3 aromatic rings. The number of nitrogens with zero attached hydrogens (tertiary/aromatic N) is 3. The summed E-state index contributed by atoms with van der Waals surface area (Å²) in [6, 6.07) is 9.12. The zero-order valence-corrected chi connectivity index (χ0v) is 24.0. The summed E-state index contributed by atoms with van der Waals surface area (Å²) in [5.74, 6) is -0.120. The van der Waals surface area contributed by atoms with Gasteiger partial charge in [0.25, 0.3) is 5.91 Å². The molecule has 13 heteroatoms. The number of rotatable bonds is 8. The molecule has 0 N–H and O–H groups in total. The van der Waals surface area contributed by atoms with Crippen LogP contribution in [0.1, 0.15) is 31.1 Å². The highest BCUT2D eigenvalue weighted by atomic mass is 32.2. The van der Waals surface area contributed by atoms with Crippen molar-refractivity contribution in [3.63, 3.8) is 0 Å². The van der Waals surface area contributed by atoms with Gasteiger partial charge in [-0.25, -0.2) is 8.42 Å². The van der Waals surface area contributed by atoms with E-state index in [2.05, 4.69) is 4.99 Å². The number of amides is 1. The Hall–Kier alpha value is -3.26. The van der Waals surface area contributed by atoms with E-state index < -0.39 is 21.9 Å². The van der Waals surface area contributed by atoms with Crippen LogP contribution < -0.4 is 14.3 Å². The van der Waals surface area contributed by atoms with Crippen molar-refractivity contribution in [2.24, 2.45) is 4.99 Å². The van der Waals surface area contributed by atoms with Gasteiger partial charge in [0.15, 0.2) is 16.3 Å². The smallest absolute Gasteiger partial charge is 0.326 e. The zero-order valence-electron chi connectivity index (χ0n) is 22.4. The van der Waals surface area contributed by atoms with E-state index in [0.29, 0.717) is 17.0 Å². The molecule has 39 heavy (non-hydrogen) atoms. The normalized spacial score (nSPS) is 18.7. The molecule has 2 unspecified atom stereocenters. The number of ether oxygens (including phenoxy) is 4. The maximum Gasteiger partial charge on any atom is 0.326 e. The summed E-state index contributed by atoms with van der Waals surface area (Å²) in [5.41, 5.74) is 0.820. The molecular weight excluding hydrogens is 546 g/mol. The topological polar surface area (TPSA) is 126 Å². The SMILES string of the molecule is CCOC(=O)Cn1c(=NC(=O)c2ccc(S(=O)(=O)N3CC(C)OC(C)C3)cc2)sc2cc(OC)c(OC)cc21. The van der Waals surface area contributed by atoms with Gasteiger partial charge in [-0.2, -0.15) is 9.30 Å². The Morgan fingerprint density at radius 3 is 2.26 bits per heavy atom. The Morgan fingerprint density at radius 1 is 1.05 bits per heavy atom. The van der Waals surface area contributed by atoms with E-state index >= 15 is 0 Å². The molecule has 11 nitrogen and oxygen atoms in total. The number of fused-ring (bicyclic) bond motifs is 1. The summed E-state index contributed by atoms with van der Waals surface area (Å²) in [4.78, 5) is 30.1. The number of benzene rings is 2. The van der Waals surface area contributed by atoms with E-state index in [1.807, 2.05) is 13.8 Å². The van der Waals surface area contributed by atoms with E-state index in [9.17, 15) is 18.0 Å². The molecule has 0 spiro atoms. The highest BCUT2D eigenvalue weighted by Crippen LogP contribution is 2.33. The van der Waals surface area contributed by atoms with Gasteiger partial charge in [0.1, 0.15) is 6.54 Å². The molecule has 210 valence electrons. The average molecular weight is 578 g/mol. The molecule has 1 aliphatic heterocycles. The van der Waals surface area contributed by atoms with Gasteiger partial charge in [-0.15, -0.1) is 0 Å². The van der Waals surface area contributed by atoms with Crippen molar-refractivity contribution in [2.45, 2.75) is 44.4 Å². The first-order valence-electron chi connectivity index (χ1n) is 12.3. The van der Waals surface area contributed by atoms with E-state index in [-0.39, 0.29) is 53.7 Å². The van der Waals surface area contributed by atoms with Crippen LogP contribution in [-0.4, -0.2) is 75.3 Å². The van der Waals surface area contributed by atoms with E-state index in [1.165, 1.54) is 54.1 Å². The lowest BCUT2D eigenvalue weighted by molar-refractivity contribution is -0.143. The number of hydrogen-bond acceptors (Lipinski definition) is 9. The number of esters is 1. The van der Waals surface area contributed by atoms with Crippen LogP contribution >= 0.6 is 11.3 Å². The molecule has 0 aliphatic carbocycles. The molecule has 2 heterocycles. The molecule has 0 radical (unpaired) electrons. The molecule has 0 saturated carbocycles. The monoisotopic (exact) mass is 577 g/mol. The van der Waals surface area contributed by atoms with Crippen molar-refractivity contribution in [3.05, 3.63) is 46.8 Å². The van der Waals surface area contributed by atoms with Gasteiger partial charge >= 0.3 is 5.97 Å².